The number of ether oxygens (including phenoxy) is 2. The monoisotopic (exact) mass is 354 g/mol. The first-order chi connectivity index (χ1) is 11.4. The summed E-state index contributed by atoms with van der Waals surface area (Å²) in [5.41, 5.74) is 0.677. The molecule has 2 amide bonds. The molecule has 0 fully saturated rings. The SMILES string of the molecule is CCCNC(=O)[C@H](C)NC(=O)/C=C/c1cc(Cl)c(OC)c(OC)c1. The molecule has 0 aliphatic carbocycles. The van der Waals surface area contributed by atoms with E-state index in [1.807, 2.05) is 6.92 Å². The Morgan fingerprint density at radius 2 is 2.00 bits per heavy atom. The summed E-state index contributed by atoms with van der Waals surface area (Å²) in [6.07, 6.45) is 3.76. The zero-order valence-corrected chi connectivity index (χ0v) is 15.1. The van der Waals surface area contributed by atoms with Gasteiger partial charge in [-0.25, -0.2) is 0 Å². The second-order valence-corrected chi connectivity index (χ2v) is 5.50. The quantitative estimate of drug-likeness (QED) is 0.703. The molecule has 6 nitrogen and oxygen atoms in total. The average Bonchev–Trinajstić information content (AvgIpc) is 2.56. The zero-order chi connectivity index (χ0) is 18.1. The van der Waals surface area contributed by atoms with Gasteiger partial charge in [-0.05, 0) is 37.1 Å². The third-order valence-corrected chi connectivity index (χ3v) is 3.47. The fourth-order valence-corrected chi connectivity index (χ4v) is 2.23. The minimum Gasteiger partial charge on any atom is -0.493 e. The van der Waals surface area contributed by atoms with Gasteiger partial charge < -0.3 is 20.1 Å². The molecule has 0 heterocycles. The maximum absolute atomic E-state index is 11.9. The van der Waals surface area contributed by atoms with E-state index in [1.54, 1.807) is 25.1 Å². The molecule has 7 heteroatoms. The Morgan fingerprint density at radius 1 is 1.29 bits per heavy atom. The molecule has 0 bridgehead atoms. The van der Waals surface area contributed by atoms with E-state index in [9.17, 15) is 9.59 Å². The first-order valence-electron chi connectivity index (χ1n) is 7.60. The van der Waals surface area contributed by atoms with Crippen molar-refractivity contribution in [2.75, 3.05) is 20.8 Å². The van der Waals surface area contributed by atoms with Gasteiger partial charge in [-0.2, -0.15) is 0 Å². The van der Waals surface area contributed by atoms with Gasteiger partial charge in [0.05, 0.1) is 19.2 Å². The highest BCUT2D eigenvalue weighted by Crippen LogP contribution is 2.36. The van der Waals surface area contributed by atoms with E-state index < -0.39 is 6.04 Å². The van der Waals surface area contributed by atoms with E-state index in [1.165, 1.54) is 20.3 Å². The maximum Gasteiger partial charge on any atom is 0.244 e. The fourth-order valence-electron chi connectivity index (χ4n) is 1.93. The minimum atomic E-state index is -0.609. The van der Waals surface area contributed by atoms with Gasteiger partial charge in [0.15, 0.2) is 11.5 Å². The van der Waals surface area contributed by atoms with Crippen molar-refractivity contribution in [2.45, 2.75) is 26.3 Å². The van der Waals surface area contributed by atoms with Crippen LogP contribution in [0.5, 0.6) is 11.5 Å². The second-order valence-electron chi connectivity index (χ2n) is 5.09. The van der Waals surface area contributed by atoms with E-state index in [0.29, 0.717) is 28.6 Å². The molecule has 132 valence electrons. The van der Waals surface area contributed by atoms with Crippen LogP contribution in [0.15, 0.2) is 18.2 Å². The second kappa shape index (κ2) is 9.82. The van der Waals surface area contributed by atoms with Crippen molar-refractivity contribution in [3.8, 4) is 11.5 Å². The van der Waals surface area contributed by atoms with Crippen molar-refractivity contribution in [1.29, 1.82) is 0 Å². The Bertz CT molecular complexity index is 617. The van der Waals surface area contributed by atoms with Crippen LogP contribution in [0.1, 0.15) is 25.8 Å². The summed E-state index contributed by atoms with van der Waals surface area (Å²) in [6.45, 7) is 4.17. The Balaban J connectivity index is 2.73. The van der Waals surface area contributed by atoms with Crippen LogP contribution in [0.2, 0.25) is 5.02 Å². The number of carbonyl (C=O) groups is 2. The fraction of sp³-hybridized carbons (Fsp3) is 0.412. The summed E-state index contributed by atoms with van der Waals surface area (Å²) >= 11 is 6.11. The van der Waals surface area contributed by atoms with Crippen molar-refractivity contribution < 1.29 is 19.1 Å². The molecule has 0 aromatic heterocycles. The van der Waals surface area contributed by atoms with Gasteiger partial charge in [0.25, 0.3) is 0 Å². The van der Waals surface area contributed by atoms with Crippen molar-refractivity contribution in [3.63, 3.8) is 0 Å². The lowest BCUT2D eigenvalue weighted by atomic mass is 10.2. The van der Waals surface area contributed by atoms with Crippen LogP contribution in [0.25, 0.3) is 6.08 Å². The molecule has 0 unspecified atom stereocenters. The molecule has 1 aromatic carbocycles. The zero-order valence-electron chi connectivity index (χ0n) is 14.3. The highest BCUT2D eigenvalue weighted by Gasteiger charge is 2.13. The van der Waals surface area contributed by atoms with Crippen molar-refractivity contribution in [1.82, 2.24) is 10.6 Å². The van der Waals surface area contributed by atoms with Crippen LogP contribution in [-0.2, 0) is 9.59 Å². The Hall–Kier alpha value is -2.21. The number of benzene rings is 1. The number of amides is 2. The van der Waals surface area contributed by atoms with Gasteiger partial charge in [0, 0.05) is 12.6 Å². The number of rotatable bonds is 8. The highest BCUT2D eigenvalue weighted by atomic mass is 35.5. The van der Waals surface area contributed by atoms with E-state index in [4.69, 9.17) is 21.1 Å². The molecule has 0 radical (unpaired) electrons. The maximum atomic E-state index is 11.9. The van der Waals surface area contributed by atoms with E-state index in [-0.39, 0.29) is 11.8 Å². The molecule has 0 saturated carbocycles. The lowest BCUT2D eigenvalue weighted by Crippen LogP contribution is -2.44. The van der Waals surface area contributed by atoms with Gasteiger partial charge in [-0.1, -0.05) is 18.5 Å². The summed E-state index contributed by atoms with van der Waals surface area (Å²) in [7, 11) is 3.00. The van der Waals surface area contributed by atoms with Crippen LogP contribution < -0.4 is 20.1 Å². The largest absolute Gasteiger partial charge is 0.493 e. The Labute approximate surface area is 147 Å². The van der Waals surface area contributed by atoms with E-state index in [2.05, 4.69) is 10.6 Å². The molecule has 1 aromatic rings. The van der Waals surface area contributed by atoms with Gasteiger partial charge >= 0.3 is 0 Å². The van der Waals surface area contributed by atoms with Gasteiger partial charge in [-0.3, -0.25) is 9.59 Å². The van der Waals surface area contributed by atoms with Crippen LogP contribution in [0.3, 0.4) is 0 Å². The molecule has 2 N–H and O–H groups in total. The van der Waals surface area contributed by atoms with Crippen LogP contribution in [0, 0.1) is 0 Å². The molecule has 0 spiro atoms. The first kappa shape index (κ1) is 19.8. The van der Waals surface area contributed by atoms with E-state index in [0.717, 1.165) is 6.42 Å². The highest BCUT2D eigenvalue weighted by molar-refractivity contribution is 6.32. The summed E-state index contributed by atoms with van der Waals surface area (Å²) in [5, 5.41) is 5.70. The molecule has 0 aliphatic rings. The number of carbonyl (C=O) groups excluding carboxylic acids is 2. The third kappa shape index (κ3) is 5.77. The van der Waals surface area contributed by atoms with Crippen LogP contribution >= 0.6 is 11.6 Å². The summed E-state index contributed by atoms with van der Waals surface area (Å²) in [5.74, 6) is 0.312. The summed E-state index contributed by atoms with van der Waals surface area (Å²) in [6, 6.07) is 2.75. The number of methoxy groups -OCH3 is 2. The average molecular weight is 355 g/mol. The van der Waals surface area contributed by atoms with Crippen LogP contribution in [0.4, 0.5) is 0 Å². The van der Waals surface area contributed by atoms with Gasteiger partial charge in [0.2, 0.25) is 11.8 Å². The van der Waals surface area contributed by atoms with Crippen molar-refractivity contribution in [2.24, 2.45) is 0 Å². The summed E-state index contributed by atoms with van der Waals surface area (Å²) < 4.78 is 10.4. The van der Waals surface area contributed by atoms with Gasteiger partial charge in [0.1, 0.15) is 6.04 Å². The lowest BCUT2D eigenvalue weighted by molar-refractivity contribution is -0.126. The molecular formula is C17H23ClN2O4. The number of halogens is 1. The lowest BCUT2D eigenvalue weighted by Gasteiger charge is -2.12. The van der Waals surface area contributed by atoms with Gasteiger partial charge in [-0.15, -0.1) is 0 Å². The predicted octanol–water partition coefficient (Wildman–Crippen LogP) is 2.40. The molecule has 1 rings (SSSR count). The number of hydrogen-bond donors (Lipinski definition) is 2. The number of nitrogens with one attached hydrogen (secondary N) is 2. The smallest absolute Gasteiger partial charge is 0.244 e. The van der Waals surface area contributed by atoms with Crippen molar-refractivity contribution in [3.05, 3.63) is 28.8 Å². The first-order valence-corrected chi connectivity index (χ1v) is 7.98. The third-order valence-electron chi connectivity index (χ3n) is 3.18. The normalized spacial score (nSPS) is 11.9. The van der Waals surface area contributed by atoms with Crippen molar-refractivity contribution >= 4 is 29.5 Å². The Morgan fingerprint density at radius 3 is 2.58 bits per heavy atom. The summed E-state index contributed by atoms with van der Waals surface area (Å²) in [4.78, 5) is 23.6. The molecule has 0 saturated heterocycles. The number of hydrogen-bond acceptors (Lipinski definition) is 4. The molecule has 1 atom stereocenters. The Kier molecular flexibility index (Phi) is 8.12. The predicted molar refractivity (Wildman–Crippen MR) is 94.5 cm³/mol. The molecule has 0 aliphatic heterocycles. The van der Waals surface area contributed by atoms with E-state index >= 15 is 0 Å². The topological polar surface area (TPSA) is 76.7 Å². The minimum absolute atomic E-state index is 0.215. The standard InChI is InChI=1S/C17H23ClN2O4/c1-5-8-19-17(22)11(2)20-15(21)7-6-12-9-13(18)16(24-4)14(10-12)23-3/h6-7,9-11H,5,8H2,1-4H3,(H,19,22)(H,20,21)/b7-6+/t11-/m0/s1. The molecular weight excluding hydrogens is 332 g/mol. The molecule has 24 heavy (non-hydrogen) atoms. The van der Waals surface area contributed by atoms with Crippen LogP contribution in [-0.4, -0.2) is 38.6 Å².